The Balaban J connectivity index is 1.92. The number of aliphatic carboxylic acids is 1. The molecule has 36 heavy (non-hydrogen) atoms. The van der Waals surface area contributed by atoms with E-state index in [9.17, 15) is 14.7 Å². The van der Waals surface area contributed by atoms with Crippen LogP contribution >= 0.6 is 0 Å². The molecule has 0 fully saturated rings. The highest BCUT2D eigenvalue weighted by atomic mass is 16.5. The average molecular weight is 486 g/mol. The second-order valence-corrected chi connectivity index (χ2v) is 11.1. The molecule has 5 heteroatoms. The van der Waals surface area contributed by atoms with Gasteiger partial charge in [0.15, 0.2) is 0 Å². The first kappa shape index (κ1) is 25.5. The lowest BCUT2D eigenvalue weighted by Gasteiger charge is -2.36. The van der Waals surface area contributed by atoms with Crippen molar-refractivity contribution in [2.24, 2.45) is 5.92 Å². The largest absolute Gasteiger partial charge is 0.496 e. The predicted molar refractivity (Wildman–Crippen MR) is 144 cm³/mol. The fourth-order valence-corrected chi connectivity index (χ4v) is 5.43. The fourth-order valence-electron chi connectivity index (χ4n) is 5.43. The van der Waals surface area contributed by atoms with Gasteiger partial charge in [-0.3, -0.25) is 9.69 Å². The highest BCUT2D eigenvalue weighted by Gasteiger charge is 2.53. The summed E-state index contributed by atoms with van der Waals surface area (Å²) in [5.41, 5.74) is 3.35. The van der Waals surface area contributed by atoms with Gasteiger partial charge in [0.05, 0.1) is 7.11 Å². The van der Waals surface area contributed by atoms with Crippen molar-refractivity contribution in [3.05, 3.63) is 83.4 Å². The number of rotatable bonds is 6. The second kappa shape index (κ2) is 9.45. The smallest absolute Gasteiger partial charge is 0.330 e. The highest BCUT2D eigenvalue weighted by Crippen LogP contribution is 2.47. The number of amides is 1. The zero-order chi connectivity index (χ0) is 26.3. The van der Waals surface area contributed by atoms with Crippen LogP contribution in [0.5, 0.6) is 5.75 Å². The summed E-state index contributed by atoms with van der Waals surface area (Å²) in [6.07, 6.45) is 0.595. The molecule has 3 aromatic carbocycles. The van der Waals surface area contributed by atoms with Gasteiger partial charge in [0.25, 0.3) is 5.91 Å². The van der Waals surface area contributed by atoms with Crippen molar-refractivity contribution in [3.63, 3.8) is 0 Å². The third kappa shape index (κ3) is 4.39. The lowest BCUT2D eigenvalue weighted by molar-refractivity contribution is -0.143. The minimum atomic E-state index is -1.38. The summed E-state index contributed by atoms with van der Waals surface area (Å²) in [4.78, 5) is 28.7. The number of carboxylic acids is 1. The predicted octanol–water partition coefficient (Wildman–Crippen LogP) is 6.73. The molecular formula is C31H35NO4. The number of anilines is 1. The normalized spacial score (nSPS) is 17.2. The van der Waals surface area contributed by atoms with Crippen molar-refractivity contribution in [2.75, 3.05) is 12.0 Å². The molecule has 0 bridgehead atoms. The monoisotopic (exact) mass is 485 g/mol. The number of carbonyl (C=O) groups is 2. The Morgan fingerprint density at radius 2 is 1.72 bits per heavy atom. The van der Waals surface area contributed by atoms with Gasteiger partial charge in [0, 0.05) is 17.7 Å². The first-order chi connectivity index (χ1) is 17.0. The van der Waals surface area contributed by atoms with E-state index in [-0.39, 0.29) is 23.7 Å². The van der Waals surface area contributed by atoms with Crippen LogP contribution in [0.3, 0.4) is 0 Å². The van der Waals surface area contributed by atoms with Crippen molar-refractivity contribution in [2.45, 2.75) is 58.4 Å². The van der Waals surface area contributed by atoms with Crippen molar-refractivity contribution in [1.82, 2.24) is 0 Å². The molecule has 0 saturated heterocycles. The van der Waals surface area contributed by atoms with E-state index >= 15 is 0 Å². The Bertz CT molecular complexity index is 1290. The molecule has 0 radical (unpaired) electrons. The van der Waals surface area contributed by atoms with Crippen molar-refractivity contribution >= 4 is 17.6 Å². The summed E-state index contributed by atoms with van der Waals surface area (Å²) in [5, 5.41) is 10.6. The lowest BCUT2D eigenvalue weighted by Crippen LogP contribution is -2.56. The van der Waals surface area contributed by atoms with E-state index in [1.54, 1.807) is 19.2 Å². The van der Waals surface area contributed by atoms with Crippen LogP contribution in [-0.4, -0.2) is 29.6 Å². The van der Waals surface area contributed by atoms with Gasteiger partial charge in [-0.15, -0.1) is 0 Å². The van der Waals surface area contributed by atoms with E-state index in [1.807, 2.05) is 68.4 Å². The minimum Gasteiger partial charge on any atom is -0.496 e. The molecule has 4 rings (SSSR count). The molecule has 1 amide bonds. The Labute approximate surface area is 213 Å². The molecule has 1 N–H and O–H groups in total. The maximum Gasteiger partial charge on any atom is 0.330 e. The first-order valence-corrected chi connectivity index (χ1v) is 12.4. The van der Waals surface area contributed by atoms with Crippen LogP contribution in [0, 0.1) is 5.92 Å². The van der Waals surface area contributed by atoms with E-state index in [2.05, 4.69) is 20.8 Å². The quantitative estimate of drug-likeness (QED) is 0.420. The number of carboxylic acid groups (broad SMARTS) is 1. The molecule has 1 heterocycles. The van der Waals surface area contributed by atoms with E-state index < -0.39 is 11.5 Å². The second-order valence-electron chi connectivity index (χ2n) is 11.1. The van der Waals surface area contributed by atoms with Crippen molar-refractivity contribution in [3.8, 4) is 16.9 Å². The number of hydrogen-bond donors (Lipinski definition) is 1. The van der Waals surface area contributed by atoms with Crippen LogP contribution < -0.4 is 9.64 Å². The molecule has 1 unspecified atom stereocenters. The zero-order valence-electron chi connectivity index (χ0n) is 22.0. The standard InChI is InChI=1S/C31H35NO4/c1-20(2)18-31(29(34)35)19-24-23(21-11-8-7-9-12-21)13-10-14-26(24)32(31)28(33)22-15-16-25(30(3,4)5)27(17-22)36-6/h7-17,20H,18-19H2,1-6H3,(H,34,35). The molecule has 188 valence electrons. The molecule has 1 aliphatic heterocycles. The Morgan fingerprint density at radius 3 is 2.31 bits per heavy atom. The number of ether oxygens (including phenoxy) is 1. The van der Waals surface area contributed by atoms with E-state index in [0.29, 0.717) is 23.4 Å². The third-order valence-corrected chi connectivity index (χ3v) is 6.98. The Morgan fingerprint density at radius 1 is 1.03 bits per heavy atom. The lowest BCUT2D eigenvalue weighted by atomic mass is 9.83. The number of hydrogen-bond acceptors (Lipinski definition) is 3. The number of benzene rings is 3. The summed E-state index contributed by atoms with van der Waals surface area (Å²) in [5.74, 6) is -0.627. The molecule has 1 atom stereocenters. The third-order valence-electron chi connectivity index (χ3n) is 6.98. The summed E-state index contributed by atoms with van der Waals surface area (Å²) in [6.45, 7) is 10.3. The topological polar surface area (TPSA) is 66.8 Å². The molecular weight excluding hydrogens is 450 g/mol. The summed E-state index contributed by atoms with van der Waals surface area (Å²) in [6, 6.07) is 21.1. The van der Waals surface area contributed by atoms with Gasteiger partial charge in [0.1, 0.15) is 11.3 Å². The van der Waals surface area contributed by atoms with Gasteiger partial charge in [-0.2, -0.15) is 0 Å². The van der Waals surface area contributed by atoms with Gasteiger partial charge in [0.2, 0.25) is 0 Å². The SMILES string of the molecule is COc1cc(C(=O)N2c3cccc(-c4ccccc4)c3CC2(CC(C)C)C(=O)O)ccc1C(C)(C)C. The van der Waals surface area contributed by atoms with Gasteiger partial charge < -0.3 is 9.84 Å². The van der Waals surface area contributed by atoms with Gasteiger partial charge in [-0.1, -0.05) is 83.1 Å². The molecule has 5 nitrogen and oxygen atoms in total. The molecule has 0 aliphatic carbocycles. The van der Waals surface area contributed by atoms with Crippen molar-refractivity contribution in [1.29, 1.82) is 0 Å². The summed E-state index contributed by atoms with van der Waals surface area (Å²) >= 11 is 0. The average Bonchev–Trinajstić information content (AvgIpc) is 3.17. The molecule has 0 saturated carbocycles. The number of carbonyl (C=O) groups excluding carboxylic acids is 1. The van der Waals surface area contributed by atoms with Crippen LogP contribution in [-0.2, 0) is 16.6 Å². The Hall–Kier alpha value is -3.60. The first-order valence-electron chi connectivity index (χ1n) is 12.4. The van der Waals surface area contributed by atoms with Crippen LogP contribution in [0.1, 0.15) is 62.5 Å². The summed E-state index contributed by atoms with van der Waals surface area (Å²) in [7, 11) is 1.59. The maximum atomic E-state index is 14.2. The number of methoxy groups -OCH3 is 1. The van der Waals surface area contributed by atoms with Crippen LogP contribution in [0.25, 0.3) is 11.1 Å². The van der Waals surface area contributed by atoms with E-state index in [4.69, 9.17) is 4.74 Å². The van der Waals surface area contributed by atoms with E-state index in [0.717, 1.165) is 22.3 Å². The van der Waals surface area contributed by atoms with Gasteiger partial charge >= 0.3 is 5.97 Å². The molecule has 0 aromatic heterocycles. The number of fused-ring (bicyclic) bond motifs is 1. The number of nitrogens with zero attached hydrogens (tertiary/aromatic N) is 1. The fraction of sp³-hybridized carbons (Fsp3) is 0.355. The van der Waals surface area contributed by atoms with Crippen LogP contribution in [0.2, 0.25) is 0 Å². The molecule has 0 spiro atoms. The van der Waals surface area contributed by atoms with E-state index in [1.165, 1.54) is 4.90 Å². The molecule has 3 aromatic rings. The van der Waals surface area contributed by atoms with Gasteiger partial charge in [-0.25, -0.2) is 4.79 Å². The van der Waals surface area contributed by atoms with Crippen molar-refractivity contribution < 1.29 is 19.4 Å². The van der Waals surface area contributed by atoms with Crippen LogP contribution in [0.15, 0.2) is 66.7 Å². The Kier molecular flexibility index (Phi) is 6.70. The van der Waals surface area contributed by atoms with Gasteiger partial charge in [-0.05, 0) is 58.2 Å². The zero-order valence-corrected chi connectivity index (χ0v) is 22.0. The molecule has 1 aliphatic rings. The van der Waals surface area contributed by atoms with Crippen LogP contribution in [0.4, 0.5) is 5.69 Å². The summed E-state index contributed by atoms with van der Waals surface area (Å²) < 4.78 is 5.65. The highest BCUT2D eigenvalue weighted by molar-refractivity contribution is 6.13. The maximum absolute atomic E-state index is 14.2. The minimum absolute atomic E-state index is 0.0729.